The molecule has 2 aliphatic heterocycles. The van der Waals surface area contributed by atoms with Gasteiger partial charge in [-0.2, -0.15) is 0 Å². The van der Waals surface area contributed by atoms with Crippen LogP contribution in [0.3, 0.4) is 0 Å². The Morgan fingerprint density at radius 3 is 2.63 bits per heavy atom. The molecule has 2 aromatic rings. The zero-order chi connectivity index (χ0) is 21.3. The Bertz CT molecular complexity index is 901. The average Bonchev–Trinajstić information content (AvgIpc) is 2.82. The van der Waals surface area contributed by atoms with Crippen molar-refractivity contribution in [3.05, 3.63) is 53.6 Å². The van der Waals surface area contributed by atoms with Crippen molar-refractivity contribution in [3.8, 4) is 11.5 Å². The highest BCUT2D eigenvalue weighted by molar-refractivity contribution is 5.73. The van der Waals surface area contributed by atoms with Crippen molar-refractivity contribution in [1.82, 2.24) is 5.32 Å². The molecule has 1 fully saturated rings. The molecule has 0 unspecified atom stereocenters. The molecule has 2 aromatic carbocycles. The van der Waals surface area contributed by atoms with E-state index in [-0.39, 0.29) is 23.5 Å². The van der Waals surface area contributed by atoms with Gasteiger partial charge in [-0.3, -0.25) is 4.79 Å². The number of hydrogen-bond acceptors (Lipinski definition) is 4. The lowest BCUT2D eigenvalue weighted by atomic mass is 9.80. The van der Waals surface area contributed by atoms with E-state index < -0.39 is 0 Å². The van der Waals surface area contributed by atoms with E-state index in [9.17, 15) is 4.79 Å². The molecule has 5 heteroatoms. The summed E-state index contributed by atoms with van der Waals surface area (Å²) in [6, 6.07) is 14.6. The van der Waals surface area contributed by atoms with Gasteiger partial charge in [-0.15, -0.1) is 0 Å². The number of nitrogens with zero attached hydrogens (tertiary/aromatic N) is 1. The molecule has 5 nitrogen and oxygen atoms in total. The van der Waals surface area contributed by atoms with Crippen molar-refractivity contribution in [2.24, 2.45) is 0 Å². The van der Waals surface area contributed by atoms with Crippen molar-refractivity contribution >= 4 is 11.6 Å². The van der Waals surface area contributed by atoms with Gasteiger partial charge in [0, 0.05) is 18.7 Å². The van der Waals surface area contributed by atoms with Crippen LogP contribution in [-0.4, -0.2) is 31.7 Å². The number of nitrogens with one attached hydrogen (secondary N) is 1. The van der Waals surface area contributed by atoms with Crippen LogP contribution in [0, 0.1) is 0 Å². The first-order chi connectivity index (χ1) is 14.3. The Hall–Kier alpha value is -2.69. The van der Waals surface area contributed by atoms with Crippen LogP contribution >= 0.6 is 0 Å². The second kappa shape index (κ2) is 8.21. The molecule has 0 aromatic heterocycles. The summed E-state index contributed by atoms with van der Waals surface area (Å²) in [7, 11) is 0. The minimum Gasteiger partial charge on any atom is -0.493 e. The van der Waals surface area contributed by atoms with Crippen LogP contribution in [0.2, 0.25) is 0 Å². The number of fused-ring (bicyclic) bond motifs is 1. The lowest BCUT2D eigenvalue weighted by Crippen LogP contribution is -2.54. The summed E-state index contributed by atoms with van der Waals surface area (Å²) in [5, 5.41) is 2.90. The van der Waals surface area contributed by atoms with E-state index in [0.717, 1.165) is 49.6 Å². The van der Waals surface area contributed by atoms with Crippen LogP contribution in [0.25, 0.3) is 0 Å². The summed E-state index contributed by atoms with van der Waals surface area (Å²) in [5.74, 6) is 1.87. The van der Waals surface area contributed by atoms with Crippen molar-refractivity contribution in [2.45, 2.75) is 58.1 Å². The number of hydrogen-bond donors (Lipinski definition) is 1. The van der Waals surface area contributed by atoms with E-state index in [1.807, 2.05) is 31.2 Å². The molecule has 1 amide bonds. The number of benzene rings is 2. The topological polar surface area (TPSA) is 50.8 Å². The summed E-state index contributed by atoms with van der Waals surface area (Å²) in [6.07, 6.45) is 2.43. The fraction of sp³-hybridized carbons (Fsp3) is 0.480. The van der Waals surface area contributed by atoms with E-state index in [1.165, 1.54) is 18.2 Å². The molecule has 2 aliphatic rings. The fourth-order valence-corrected chi connectivity index (χ4v) is 4.36. The quantitative estimate of drug-likeness (QED) is 0.785. The zero-order valence-electron chi connectivity index (χ0n) is 18.4. The van der Waals surface area contributed by atoms with Gasteiger partial charge in [0.05, 0.1) is 25.7 Å². The summed E-state index contributed by atoms with van der Waals surface area (Å²) in [4.78, 5) is 13.5. The van der Waals surface area contributed by atoms with Crippen LogP contribution < -0.4 is 19.7 Å². The SMILES string of the molecule is CC(=O)N[C@@H](C)c1ccc(OC2CN(c3ccc4c(c3)OCCCC4(C)C)C2)cc1. The van der Waals surface area contributed by atoms with Gasteiger partial charge in [0.1, 0.15) is 17.6 Å². The van der Waals surface area contributed by atoms with E-state index in [4.69, 9.17) is 9.47 Å². The Labute approximate surface area is 179 Å². The maximum Gasteiger partial charge on any atom is 0.217 e. The van der Waals surface area contributed by atoms with Crippen LogP contribution in [0.4, 0.5) is 5.69 Å². The molecule has 0 aliphatic carbocycles. The summed E-state index contributed by atoms with van der Waals surface area (Å²) in [6.45, 7) is 10.6. The van der Waals surface area contributed by atoms with Crippen molar-refractivity contribution in [3.63, 3.8) is 0 Å². The summed E-state index contributed by atoms with van der Waals surface area (Å²) >= 11 is 0. The molecule has 2 heterocycles. The zero-order valence-corrected chi connectivity index (χ0v) is 18.4. The molecule has 1 N–H and O–H groups in total. The molecule has 0 bridgehead atoms. The van der Waals surface area contributed by atoms with E-state index in [2.05, 4.69) is 42.3 Å². The first-order valence-corrected chi connectivity index (χ1v) is 10.9. The number of rotatable bonds is 5. The normalized spacial score (nSPS) is 19.0. The van der Waals surface area contributed by atoms with Gasteiger partial charge in [0.2, 0.25) is 5.91 Å². The van der Waals surface area contributed by atoms with Gasteiger partial charge in [-0.05, 0) is 54.5 Å². The predicted molar refractivity (Wildman–Crippen MR) is 119 cm³/mol. The first-order valence-electron chi connectivity index (χ1n) is 10.9. The van der Waals surface area contributed by atoms with Gasteiger partial charge >= 0.3 is 0 Å². The monoisotopic (exact) mass is 408 g/mol. The number of anilines is 1. The van der Waals surface area contributed by atoms with Crippen molar-refractivity contribution in [1.29, 1.82) is 0 Å². The second-order valence-electron chi connectivity index (χ2n) is 9.15. The van der Waals surface area contributed by atoms with Gasteiger partial charge < -0.3 is 19.7 Å². The Morgan fingerprint density at radius 2 is 1.93 bits per heavy atom. The second-order valence-corrected chi connectivity index (χ2v) is 9.15. The number of amides is 1. The van der Waals surface area contributed by atoms with Crippen molar-refractivity contribution < 1.29 is 14.3 Å². The molecular formula is C25H32N2O3. The third-order valence-electron chi connectivity index (χ3n) is 6.21. The average molecular weight is 409 g/mol. The molecule has 160 valence electrons. The lowest BCUT2D eigenvalue weighted by molar-refractivity contribution is -0.119. The maximum absolute atomic E-state index is 11.2. The van der Waals surface area contributed by atoms with Gasteiger partial charge in [-0.1, -0.05) is 32.0 Å². The van der Waals surface area contributed by atoms with Crippen molar-refractivity contribution in [2.75, 3.05) is 24.6 Å². The highest BCUT2D eigenvalue weighted by Gasteiger charge is 2.31. The lowest BCUT2D eigenvalue weighted by Gasteiger charge is -2.41. The standard InChI is InChI=1S/C25H32N2O3/c1-17(26-18(2)28)19-6-9-21(10-7-19)30-22-15-27(16-22)20-8-11-23-24(14-20)29-13-5-12-25(23,3)4/h6-11,14,17,22H,5,12-13,15-16H2,1-4H3,(H,26,28)/t17-/m0/s1. The molecule has 4 rings (SSSR count). The molecule has 0 radical (unpaired) electrons. The molecule has 1 atom stereocenters. The highest BCUT2D eigenvalue weighted by Crippen LogP contribution is 2.40. The van der Waals surface area contributed by atoms with Gasteiger partial charge in [0.25, 0.3) is 0 Å². The Balaban J connectivity index is 1.34. The Kier molecular flexibility index (Phi) is 5.63. The highest BCUT2D eigenvalue weighted by atomic mass is 16.5. The van der Waals surface area contributed by atoms with E-state index in [0.29, 0.717) is 0 Å². The third kappa shape index (κ3) is 4.40. The van der Waals surface area contributed by atoms with Gasteiger partial charge in [0.15, 0.2) is 0 Å². The Morgan fingerprint density at radius 1 is 1.20 bits per heavy atom. The largest absolute Gasteiger partial charge is 0.493 e. The first kappa shape index (κ1) is 20.6. The maximum atomic E-state index is 11.2. The van der Waals surface area contributed by atoms with Crippen LogP contribution in [0.1, 0.15) is 57.7 Å². The van der Waals surface area contributed by atoms with E-state index in [1.54, 1.807) is 0 Å². The van der Waals surface area contributed by atoms with Crippen LogP contribution in [-0.2, 0) is 10.2 Å². The fourth-order valence-electron chi connectivity index (χ4n) is 4.36. The smallest absolute Gasteiger partial charge is 0.217 e. The number of carbonyl (C=O) groups excluding carboxylic acids is 1. The van der Waals surface area contributed by atoms with Crippen LogP contribution in [0.5, 0.6) is 11.5 Å². The minimum absolute atomic E-state index is 0.00357. The number of ether oxygens (including phenoxy) is 2. The van der Waals surface area contributed by atoms with E-state index >= 15 is 0 Å². The van der Waals surface area contributed by atoms with Crippen LogP contribution in [0.15, 0.2) is 42.5 Å². The summed E-state index contributed by atoms with van der Waals surface area (Å²) in [5.41, 5.74) is 3.74. The molecule has 0 saturated carbocycles. The molecular weight excluding hydrogens is 376 g/mol. The predicted octanol–water partition coefficient (Wildman–Crippen LogP) is 4.60. The van der Waals surface area contributed by atoms with Gasteiger partial charge in [-0.25, -0.2) is 0 Å². The summed E-state index contributed by atoms with van der Waals surface area (Å²) < 4.78 is 12.2. The molecule has 0 spiro atoms. The minimum atomic E-state index is -0.0239. The molecule has 30 heavy (non-hydrogen) atoms. The third-order valence-corrected chi connectivity index (χ3v) is 6.21. The number of carbonyl (C=O) groups is 1. The molecule has 1 saturated heterocycles.